The van der Waals surface area contributed by atoms with Crippen molar-refractivity contribution in [2.75, 3.05) is 6.61 Å². The summed E-state index contributed by atoms with van der Waals surface area (Å²) < 4.78 is 19.5. The van der Waals surface area contributed by atoms with Crippen LogP contribution in [-0.2, 0) is 19.2 Å². The minimum atomic E-state index is -3.75. The molecule has 0 aliphatic rings. The molecule has 0 aromatic heterocycles. The van der Waals surface area contributed by atoms with E-state index in [1.165, 1.54) is 6.92 Å². The van der Waals surface area contributed by atoms with E-state index in [4.69, 9.17) is 4.52 Å². The van der Waals surface area contributed by atoms with Crippen molar-refractivity contribution in [3.05, 3.63) is 65.7 Å². The van der Waals surface area contributed by atoms with Gasteiger partial charge in [0.15, 0.2) is 5.34 Å². The maximum absolute atomic E-state index is 13.8. The highest BCUT2D eigenvalue weighted by molar-refractivity contribution is 7.67. The lowest BCUT2D eigenvalue weighted by atomic mass is 10.0. The summed E-state index contributed by atoms with van der Waals surface area (Å²) >= 11 is 0. The van der Waals surface area contributed by atoms with Gasteiger partial charge in [-0.05, 0) is 38.5 Å². The van der Waals surface area contributed by atoms with Gasteiger partial charge < -0.3 is 9.63 Å². The lowest BCUT2D eigenvalue weighted by Gasteiger charge is -2.35. The second-order valence-electron chi connectivity index (χ2n) is 5.87. The molecule has 4 nitrogen and oxygen atoms in total. The molecule has 0 saturated heterocycles. The molecule has 1 N–H and O–H groups in total. The monoisotopic (exact) mass is 346 g/mol. The molecule has 0 bridgehead atoms. The van der Waals surface area contributed by atoms with Crippen LogP contribution in [0.2, 0.25) is 0 Å². The molecule has 0 aliphatic carbocycles. The summed E-state index contributed by atoms with van der Waals surface area (Å²) in [6.07, 6.45) is -0.276. The van der Waals surface area contributed by atoms with Gasteiger partial charge in [-0.3, -0.25) is 9.36 Å². The molecular formula is C19H23O4P. The van der Waals surface area contributed by atoms with Crippen molar-refractivity contribution in [1.29, 1.82) is 0 Å². The van der Waals surface area contributed by atoms with Crippen LogP contribution in [0.4, 0.5) is 0 Å². The maximum atomic E-state index is 13.8. The molecule has 0 heterocycles. The Balaban J connectivity index is 2.69. The standard InChI is InChI=1S/C19H23O4P/c1-4-23-24(22,18-8-6-5-7-9-18)19(21,14-16(3)20)17-12-10-15(2)11-13-17/h5-13,21H,4,14H2,1-3H3/t19-,24+/m1/s1. The number of aryl methyl sites for hydroxylation is 1. The first-order valence-electron chi connectivity index (χ1n) is 7.93. The van der Waals surface area contributed by atoms with E-state index in [0.29, 0.717) is 10.9 Å². The number of Topliss-reactive ketones (excluding diaryl/α,β-unsaturated/α-hetero) is 1. The normalized spacial score (nSPS) is 16.2. The molecule has 2 atom stereocenters. The van der Waals surface area contributed by atoms with Crippen molar-refractivity contribution >= 4 is 18.5 Å². The van der Waals surface area contributed by atoms with Gasteiger partial charge in [-0.25, -0.2) is 0 Å². The molecular weight excluding hydrogens is 323 g/mol. The molecule has 0 saturated carbocycles. The van der Waals surface area contributed by atoms with Crippen LogP contribution in [-0.4, -0.2) is 17.5 Å². The van der Waals surface area contributed by atoms with E-state index in [1.54, 1.807) is 49.4 Å². The average Bonchev–Trinajstić information content (AvgIpc) is 2.55. The van der Waals surface area contributed by atoms with Crippen LogP contribution in [0.1, 0.15) is 31.4 Å². The predicted octanol–water partition coefficient (Wildman–Crippen LogP) is 3.76. The molecule has 2 aromatic carbocycles. The van der Waals surface area contributed by atoms with E-state index in [1.807, 2.05) is 19.1 Å². The van der Waals surface area contributed by atoms with E-state index in [9.17, 15) is 14.5 Å². The van der Waals surface area contributed by atoms with Gasteiger partial charge in [0.05, 0.1) is 6.61 Å². The molecule has 0 spiro atoms. The van der Waals surface area contributed by atoms with Gasteiger partial charge in [-0.15, -0.1) is 0 Å². The maximum Gasteiger partial charge on any atom is 0.267 e. The lowest BCUT2D eigenvalue weighted by molar-refractivity contribution is -0.120. The zero-order valence-electron chi connectivity index (χ0n) is 14.2. The number of carbonyl (C=O) groups is 1. The molecule has 24 heavy (non-hydrogen) atoms. The number of rotatable bonds is 7. The predicted molar refractivity (Wildman–Crippen MR) is 95.7 cm³/mol. The second-order valence-corrected chi connectivity index (χ2v) is 8.48. The Labute approximate surface area is 142 Å². The van der Waals surface area contributed by atoms with Gasteiger partial charge in [-0.2, -0.15) is 0 Å². The second kappa shape index (κ2) is 7.43. The van der Waals surface area contributed by atoms with Gasteiger partial charge >= 0.3 is 0 Å². The first-order valence-corrected chi connectivity index (χ1v) is 9.55. The summed E-state index contributed by atoms with van der Waals surface area (Å²) in [6.45, 7) is 5.19. The summed E-state index contributed by atoms with van der Waals surface area (Å²) in [7, 11) is -3.75. The SMILES string of the molecule is CCO[P@@](=O)(c1ccccc1)[C@](O)(CC(C)=O)c1ccc(C)cc1. The van der Waals surface area contributed by atoms with Crippen LogP contribution >= 0.6 is 7.37 Å². The van der Waals surface area contributed by atoms with Crippen molar-refractivity contribution in [1.82, 2.24) is 0 Å². The summed E-state index contributed by atoms with van der Waals surface area (Å²) in [6, 6.07) is 15.7. The molecule has 2 rings (SSSR count). The number of benzene rings is 2. The lowest BCUT2D eigenvalue weighted by Crippen LogP contribution is -2.34. The van der Waals surface area contributed by atoms with Crippen LogP contribution in [0.15, 0.2) is 54.6 Å². The Bertz CT molecular complexity index is 740. The van der Waals surface area contributed by atoms with E-state index in [-0.39, 0.29) is 18.8 Å². The van der Waals surface area contributed by atoms with Crippen LogP contribution < -0.4 is 5.30 Å². The highest BCUT2D eigenvalue weighted by atomic mass is 31.2. The number of ketones is 1. The average molecular weight is 346 g/mol. The molecule has 0 radical (unpaired) electrons. The van der Waals surface area contributed by atoms with Gasteiger partial charge in [0, 0.05) is 11.7 Å². The fourth-order valence-electron chi connectivity index (χ4n) is 2.74. The quantitative estimate of drug-likeness (QED) is 0.776. The first kappa shape index (κ1) is 18.6. The fourth-order valence-corrected chi connectivity index (χ4v) is 5.38. The Morgan fingerprint density at radius 1 is 1.12 bits per heavy atom. The van der Waals surface area contributed by atoms with Crippen molar-refractivity contribution in [3.8, 4) is 0 Å². The first-order chi connectivity index (χ1) is 11.3. The zero-order chi connectivity index (χ0) is 17.8. The molecule has 5 heteroatoms. The topological polar surface area (TPSA) is 63.6 Å². The number of hydrogen-bond acceptors (Lipinski definition) is 4. The summed E-state index contributed by atoms with van der Waals surface area (Å²) in [5.74, 6) is -0.256. The zero-order valence-corrected chi connectivity index (χ0v) is 15.1. The minimum absolute atomic E-state index is 0.165. The van der Waals surface area contributed by atoms with E-state index in [0.717, 1.165) is 5.56 Å². The van der Waals surface area contributed by atoms with Crippen LogP contribution in [0, 0.1) is 6.92 Å². The van der Waals surface area contributed by atoms with Crippen molar-refractivity contribution in [3.63, 3.8) is 0 Å². The van der Waals surface area contributed by atoms with Crippen LogP contribution in [0.3, 0.4) is 0 Å². The van der Waals surface area contributed by atoms with Gasteiger partial charge in [0.1, 0.15) is 5.78 Å². The molecule has 0 fully saturated rings. The minimum Gasteiger partial charge on any atom is -0.374 e. The molecule has 0 aliphatic heterocycles. The van der Waals surface area contributed by atoms with E-state index in [2.05, 4.69) is 0 Å². The summed E-state index contributed by atoms with van der Waals surface area (Å²) in [5.41, 5.74) is 1.43. The van der Waals surface area contributed by atoms with Gasteiger partial charge in [0.25, 0.3) is 7.37 Å². The Hall–Kier alpha value is -1.74. The number of hydrogen-bond donors (Lipinski definition) is 1. The third-order valence-electron chi connectivity index (χ3n) is 3.90. The highest BCUT2D eigenvalue weighted by Gasteiger charge is 2.51. The molecule has 0 amide bonds. The van der Waals surface area contributed by atoms with E-state index < -0.39 is 12.7 Å². The van der Waals surface area contributed by atoms with Crippen molar-refractivity contribution in [2.24, 2.45) is 0 Å². The third kappa shape index (κ3) is 3.51. The Kier molecular flexibility index (Phi) is 5.76. The van der Waals surface area contributed by atoms with Crippen molar-refractivity contribution < 1.29 is 19.0 Å². The Morgan fingerprint density at radius 2 is 1.71 bits per heavy atom. The third-order valence-corrected chi connectivity index (χ3v) is 6.89. The molecule has 0 unspecified atom stereocenters. The molecule has 128 valence electrons. The number of aliphatic hydroxyl groups is 1. The van der Waals surface area contributed by atoms with Gasteiger partial charge in [0.2, 0.25) is 0 Å². The number of carbonyl (C=O) groups excluding carboxylic acids is 1. The molecule has 2 aromatic rings. The highest BCUT2D eigenvalue weighted by Crippen LogP contribution is 2.63. The Morgan fingerprint density at radius 3 is 2.21 bits per heavy atom. The van der Waals surface area contributed by atoms with Crippen LogP contribution in [0.25, 0.3) is 0 Å². The fraction of sp³-hybridized carbons (Fsp3) is 0.316. The van der Waals surface area contributed by atoms with Crippen LogP contribution in [0.5, 0.6) is 0 Å². The van der Waals surface area contributed by atoms with Crippen molar-refractivity contribution in [2.45, 2.75) is 32.5 Å². The van der Waals surface area contributed by atoms with Gasteiger partial charge in [-0.1, -0.05) is 48.0 Å². The smallest absolute Gasteiger partial charge is 0.267 e. The summed E-state index contributed by atoms with van der Waals surface area (Å²) in [5, 5.41) is 9.94. The largest absolute Gasteiger partial charge is 0.374 e. The summed E-state index contributed by atoms with van der Waals surface area (Å²) in [4.78, 5) is 11.8. The van der Waals surface area contributed by atoms with E-state index >= 15 is 0 Å².